The number of nitrogens with one attached hydrogen (secondary N) is 2. The molecule has 2 aromatic heterocycles. The van der Waals surface area contributed by atoms with Crippen LogP contribution in [-0.4, -0.2) is 49.9 Å². The van der Waals surface area contributed by atoms with Gasteiger partial charge in [0.2, 0.25) is 21.5 Å². The number of aromatic amines is 1. The molecule has 0 aliphatic heterocycles. The van der Waals surface area contributed by atoms with Crippen molar-refractivity contribution in [2.24, 2.45) is 0 Å². The maximum Gasteiger partial charge on any atom is 0.309 e. The number of carbonyl (C=O) groups excluding carboxylic acids is 2. The SMILES string of the molecule is CCOC(=O)CCOc1ccccc1[C@H](NS(=O)(=O)c1ccc2[nH]c(=O)ccc2c1)C(=O)N(CC)Cc1cccs1. The van der Waals surface area contributed by atoms with Gasteiger partial charge in [0, 0.05) is 28.6 Å². The molecule has 12 heteroatoms. The molecule has 4 rings (SSSR count). The Kier molecular flexibility index (Phi) is 9.92. The van der Waals surface area contributed by atoms with E-state index >= 15 is 0 Å². The number of amides is 1. The van der Waals surface area contributed by atoms with Gasteiger partial charge >= 0.3 is 5.97 Å². The topological polar surface area (TPSA) is 135 Å². The summed E-state index contributed by atoms with van der Waals surface area (Å²) in [5, 5.41) is 2.43. The van der Waals surface area contributed by atoms with Crippen LogP contribution in [0.5, 0.6) is 5.75 Å². The number of pyridine rings is 1. The van der Waals surface area contributed by atoms with E-state index in [-0.39, 0.29) is 35.8 Å². The number of carbonyl (C=O) groups is 2. The summed E-state index contributed by atoms with van der Waals surface area (Å²) in [5.74, 6) is -0.624. The van der Waals surface area contributed by atoms with Crippen molar-refractivity contribution in [1.82, 2.24) is 14.6 Å². The smallest absolute Gasteiger partial charge is 0.309 e. The van der Waals surface area contributed by atoms with Crippen molar-refractivity contribution in [2.45, 2.75) is 37.8 Å². The highest BCUT2D eigenvalue weighted by atomic mass is 32.2. The van der Waals surface area contributed by atoms with E-state index in [1.165, 1.54) is 41.7 Å². The Morgan fingerprint density at radius 3 is 2.59 bits per heavy atom. The number of para-hydroxylation sites is 1. The zero-order valence-corrected chi connectivity index (χ0v) is 24.3. The van der Waals surface area contributed by atoms with Crippen LogP contribution in [0.2, 0.25) is 0 Å². The van der Waals surface area contributed by atoms with Crippen LogP contribution in [0.1, 0.15) is 36.8 Å². The van der Waals surface area contributed by atoms with E-state index in [1.807, 2.05) is 24.4 Å². The minimum atomic E-state index is -4.23. The third-order valence-electron chi connectivity index (χ3n) is 6.24. The molecule has 0 aliphatic carbocycles. The number of fused-ring (bicyclic) bond motifs is 1. The molecule has 0 bridgehead atoms. The number of hydrogen-bond donors (Lipinski definition) is 2. The van der Waals surface area contributed by atoms with Crippen molar-refractivity contribution in [1.29, 1.82) is 0 Å². The summed E-state index contributed by atoms with van der Waals surface area (Å²) in [5.41, 5.74) is 0.485. The number of benzene rings is 2. The number of aromatic nitrogens is 1. The van der Waals surface area contributed by atoms with E-state index in [1.54, 1.807) is 36.1 Å². The van der Waals surface area contributed by atoms with Crippen LogP contribution in [0.3, 0.4) is 0 Å². The first-order valence-electron chi connectivity index (χ1n) is 13.1. The predicted molar refractivity (Wildman–Crippen MR) is 156 cm³/mol. The Bertz CT molecular complexity index is 1670. The van der Waals surface area contributed by atoms with Gasteiger partial charge in [-0.2, -0.15) is 4.72 Å². The standard InChI is InChI=1S/C29H31N3O7S2/c1-3-32(19-21-8-7-17-40-21)29(35)28(23-9-5-6-10-25(23)39-16-15-27(34)38-4-2)31-41(36,37)22-12-13-24-20(18-22)11-14-26(33)30-24/h5-14,17-18,28,31H,3-4,15-16,19H2,1-2H3,(H,30,33)/t28-/m0/s1. The van der Waals surface area contributed by atoms with Crippen molar-refractivity contribution in [3.63, 3.8) is 0 Å². The normalized spacial score (nSPS) is 12.1. The second-order valence-corrected chi connectivity index (χ2v) is 11.7. The van der Waals surface area contributed by atoms with E-state index < -0.39 is 27.9 Å². The Morgan fingerprint density at radius 1 is 1.05 bits per heavy atom. The zero-order valence-electron chi connectivity index (χ0n) is 22.7. The molecule has 0 saturated carbocycles. The van der Waals surface area contributed by atoms with Crippen LogP contribution < -0.4 is 15.0 Å². The van der Waals surface area contributed by atoms with E-state index in [4.69, 9.17) is 9.47 Å². The van der Waals surface area contributed by atoms with Gasteiger partial charge in [-0.25, -0.2) is 8.42 Å². The number of H-pyrrole nitrogens is 1. The number of hydrogen-bond acceptors (Lipinski definition) is 8. The van der Waals surface area contributed by atoms with E-state index in [9.17, 15) is 22.8 Å². The minimum absolute atomic E-state index is 0.00877. The molecule has 0 spiro atoms. The molecule has 0 radical (unpaired) electrons. The van der Waals surface area contributed by atoms with Crippen LogP contribution in [0, 0.1) is 0 Å². The summed E-state index contributed by atoms with van der Waals surface area (Å²) in [7, 11) is -4.23. The first-order chi connectivity index (χ1) is 19.7. The largest absolute Gasteiger partial charge is 0.493 e. The summed E-state index contributed by atoms with van der Waals surface area (Å²) in [6.07, 6.45) is -0.00877. The predicted octanol–water partition coefficient (Wildman–Crippen LogP) is 3.99. The molecule has 41 heavy (non-hydrogen) atoms. The third-order valence-corrected chi connectivity index (χ3v) is 8.53. The van der Waals surface area contributed by atoms with Crippen LogP contribution in [0.25, 0.3) is 10.9 Å². The quantitative estimate of drug-likeness (QED) is 0.223. The molecule has 2 heterocycles. The van der Waals surface area contributed by atoms with Crippen molar-refractivity contribution in [3.05, 3.63) is 92.9 Å². The Hall–Kier alpha value is -4.00. The van der Waals surface area contributed by atoms with E-state index in [0.717, 1.165) is 4.88 Å². The number of likely N-dealkylation sites (N-methyl/N-ethyl adjacent to an activating group) is 1. The molecule has 10 nitrogen and oxygen atoms in total. The van der Waals surface area contributed by atoms with Crippen molar-refractivity contribution in [2.75, 3.05) is 19.8 Å². The Labute approximate surface area is 242 Å². The van der Waals surface area contributed by atoms with E-state index in [2.05, 4.69) is 9.71 Å². The fourth-order valence-corrected chi connectivity index (χ4v) is 6.14. The van der Waals surface area contributed by atoms with Crippen molar-refractivity contribution < 1.29 is 27.5 Å². The molecule has 4 aromatic rings. The summed E-state index contributed by atoms with van der Waals surface area (Å²) in [6.45, 7) is 4.41. The molecule has 216 valence electrons. The summed E-state index contributed by atoms with van der Waals surface area (Å²) >= 11 is 1.50. The van der Waals surface area contributed by atoms with Gasteiger partial charge in [-0.1, -0.05) is 24.3 Å². The zero-order chi connectivity index (χ0) is 29.4. The molecular formula is C29H31N3O7S2. The summed E-state index contributed by atoms with van der Waals surface area (Å²) < 4.78 is 40.8. The molecule has 1 amide bonds. The lowest BCUT2D eigenvalue weighted by molar-refractivity contribution is -0.143. The lowest BCUT2D eigenvalue weighted by atomic mass is 10.0. The maximum atomic E-state index is 14.0. The first-order valence-corrected chi connectivity index (χ1v) is 15.4. The fourth-order valence-electron chi connectivity index (χ4n) is 4.22. The first kappa shape index (κ1) is 30.0. The monoisotopic (exact) mass is 597 g/mol. The van der Waals surface area contributed by atoms with Crippen LogP contribution in [-0.2, 0) is 30.9 Å². The van der Waals surface area contributed by atoms with Gasteiger partial charge < -0.3 is 19.4 Å². The second kappa shape index (κ2) is 13.6. The molecule has 1 atom stereocenters. The van der Waals surface area contributed by atoms with Gasteiger partial charge in [0.25, 0.3) is 0 Å². The number of thiophene rings is 1. The van der Waals surface area contributed by atoms with Crippen LogP contribution in [0.15, 0.2) is 81.8 Å². The molecule has 0 saturated heterocycles. The molecule has 2 aromatic carbocycles. The summed E-state index contributed by atoms with van der Waals surface area (Å²) in [6, 6.07) is 16.2. The van der Waals surface area contributed by atoms with Gasteiger partial charge in [-0.05, 0) is 61.0 Å². The number of esters is 1. The number of rotatable bonds is 13. The highest BCUT2D eigenvalue weighted by molar-refractivity contribution is 7.89. The molecule has 0 fully saturated rings. The average Bonchev–Trinajstić information content (AvgIpc) is 3.48. The minimum Gasteiger partial charge on any atom is -0.493 e. The average molecular weight is 598 g/mol. The Balaban J connectivity index is 1.70. The lowest BCUT2D eigenvalue weighted by Gasteiger charge is -2.28. The highest BCUT2D eigenvalue weighted by Crippen LogP contribution is 2.30. The number of sulfonamides is 1. The molecular weight excluding hydrogens is 566 g/mol. The van der Waals surface area contributed by atoms with Gasteiger partial charge in [0.05, 0.1) is 31.1 Å². The molecule has 0 unspecified atom stereocenters. The van der Waals surface area contributed by atoms with Gasteiger partial charge in [0.15, 0.2) is 0 Å². The number of nitrogens with zero attached hydrogens (tertiary/aromatic N) is 1. The summed E-state index contributed by atoms with van der Waals surface area (Å²) in [4.78, 5) is 42.6. The van der Waals surface area contributed by atoms with E-state index in [0.29, 0.717) is 29.6 Å². The molecule has 0 aliphatic rings. The highest BCUT2D eigenvalue weighted by Gasteiger charge is 2.32. The van der Waals surface area contributed by atoms with Gasteiger partial charge in [-0.3, -0.25) is 14.4 Å². The van der Waals surface area contributed by atoms with Crippen LogP contribution >= 0.6 is 11.3 Å². The molecule has 2 N–H and O–H groups in total. The van der Waals surface area contributed by atoms with Crippen molar-refractivity contribution in [3.8, 4) is 5.75 Å². The fraction of sp³-hybridized carbons (Fsp3) is 0.276. The second-order valence-electron chi connectivity index (χ2n) is 9.00. The number of ether oxygens (including phenoxy) is 2. The van der Waals surface area contributed by atoms with Crippen molar-refractivity contribution >= 4 is 44.1 Å². The van der Waals surface area contributed by atoms with Gasteiger partial charge in [-0.15, -0.1) is 11.3 Å². The Morgan fingerprint density at radius 2 is 1.85 bits per heavy atom. The third kappa shape index (κ3) is 7.60. The maximum absolute atomic E-state index is 14.0. The lowest BCUT2D eigenvalue weighted by Crippen LogP contribution is -2.42. The van der Waals surface area contributed by atoms with Crippen LogP contribution in [0.4, 0.5) is 0 Å². The van der Waals surface area contributed by atoms with Gasteiger partial charge in [0.1, 0.15) is 11.8 Å².